The Morgan fingerprint density at radius 2 is 1.88 bits per heavy atom. The van der Waals surface area contributed by atoms with Crippen LogP contribution in [0.25, 0.3) is 0 Å². The first kappa shape index (κ1) is 24.0. The second-order valence-corrected chi connectivity index (χ2v) is 9.52. The summed E-state index contributed by atoms with van der Waals surface area (Å²) in [5.41, 5.74) is 2.98. The van der Waals surface area contributed by atoms with Gasteiger partial charge in [0.05, 0.1) is 23.9 Å². The van der Waals surface area contributed by atoms with Crippen LogP contribution in [0.5, 0.6) is 5.75 Å². The second-order valence-electron chi connectivity index (χ2n) is 9.09. The Morgan fingerprint density at radius 1 is 1.15 bits per heavy atom. The fourth-order valence-electron chi connectivity index (χ4n) is 4.23. The molecule has 0 aliphatic carbocycles. The number of aromatic nitrogens is 2. The zero-order chi connectivity index (χ0) is 24.1. The molecule has 0 spiro atoms. The number of nitrogens with zero attached hydrogens (tertiary/aromatic N) is 3. The van der Waals surface area contributed by atoms with E-state index in [1.807, 2.05) is 48.5 Å². The van der Waals surface area contributed by atoms with Crippen LogP contribution in [0.2, 0.25) is 5.02 Å². The number of carbonyl (C=O) groups is 1. The monoisotopic (exact) mass is 479 g/mol. The normalized spacial score (nSPS) is 15.6. The minimum absolute atomic E-state index is 0.152. The van der Waals surface area contributed by atoms with Gasteiger partial charge in [-0.2, -0.15) is 0 Å². The van der Waals surface area contributed by atoms with Crippen LogP contribution in [0.15, 0.2) is 54.7 Å². The number of halogens is 1. The third-order valence-corrected chi connectivity index (χ3v) is 6.26. The maximum absolute atomic E-state index is 11.8. The highest BCUT2D eigenvalue weighted by molar-refractivity contribution is 6.30. The van der Waals surface area contributed by atoms with E-state index in [-0.39, 0.29) is 11.6 Å². The number of carboxylic acid groups (broad SMARTS) is 1. The quantitative estimate of drug-likeness (QED) is 0.406. The Labute approximate surface area is 205 Å². The molecule has 0 amide bonds. The van der Waals surface area contributed by atoms with Crippen molar-refractivity contribution < 1.29 is 14.6 Å². The van der Waals surface area contributed by atoms with E-state index in [4.69, 9.17) is 21.3 Å². The number of aryl methyl sites for hydroxylation is 2. The lowest BCUT2D eigenvalue weighted by Crippen LogP contribution is -2.25. The molecule has 0 bridgehead atoms. The first-order valence-corrected chi connectivity index (χ1v) is 12.1. The predicted molar refractivity (Wildman–Crippen MR) is 134 cm³/mol. The number of carboxylic acids is 1. The summed E-state index contributed by atoms with van der Waals surface area (Å²) in [6.45, 7) is 5.74. The van der Waals surface area contributed by atoms with Crippen molar-refractivity contribution in [2.45, 2.75) is 45.6 Å². The molecule has 1 saturated heterocycles. The maximum atomic E-state index is 11.8. The van der Waals surface area contributed by atoms with E-state index >= 15 is 0 Å². The third kappa shape index (κ3) is 5.86. The first-order valence-electron chi connectivity index (χ1n) is 11.7. The number of ether oxygens (including phenoxy) is 1. The molecule has 3 aromatic rings. The number of aromatic carboxylic acids is 1. The maximum Gasteiger partial charge on any atom is 0.339 e. The van der Waals surface area contributed by atoms with Gasteiger partial charge in [-0.1, -0.05) is 49.7 Å². The van der Waals surface area contributed by atoms with Crippen LogP contribution in [0.4, 0.5) is 5.95 Å². The summed E-state index contributed by atoms with van der Waals surface area (Å²) >= 11 is 6.06. The molecule has 178 valence electrons. The minimum atomic E-state index is -1.00. The van der Waals surface area contributed by atoms with E-state index in [0.717, 1.165) is 36.3 Å². The van der Waals surface area contributed by atoms with Crippen LogP contribution in [0.3, 0.4) is 0 Å². The molecule has 1 fully saturated rings. The van der Waals surface area contributed by atoms with Crippen molar-refractivity contribution in [3.8, 4) is 5.75 Å². The molecule has 1 N–H and O–H groups in total. The standard InChI is InChI=1S/C27H30ClN3O3/c1-18(2)17-34-22-12-5-19(6-13-22)7-14-24-23(26(32)33)16-29-27(30-24)31-15-3-4-25(31)20-8-10-21(28)11-9-20/h5-6,8-13,16,18,25H,3-4,7,14-15,17H2,1-2H3,(H,32,33)/t25-/m0/s1. The van der Waals surface area contributed by atoms with Crippen molar-refractivity contribution in [1.82, 2.24) is 9.97 Å². The zero-order valence-corrected chi connectivity index (χ0v) is 20.3. The second kappa shape index (κ2) is 10.9. The molecule has 34 heavy (non-hydrogen) atoms. The molecule has 0 saturated carbocycles. The van der Waals surface area contributed by atoms with Gasteiger partial charge in [-0.25, -0.2) is 14.8 Å². The van der Waals surface area contributed by atoms with Gasteiger partial charge in [0, 0.05) is 17.8 Å². The summed E-state index contributed by atoms with van der Waals surface area (Å²) in [5.74, 6) is 0.885. The van der Waals surface area contributed by atoms with Crippen LogP contribution in [-0.4, -0.2) is 34.2 Å². The summed E-state index contributed by atoms with van der Waals surface area (Å²) in [4.78, 5) is 23.2. The third-order valence-electron chi connectivity index (χ3n) is 6.01. The molecule has 7 heteroatoms. The fourth-order valence-corrected chi connectivity index (χ4v) is 4.36. The number of anilines is 1. The Bertz CT molecular complexity index is 1120. The molecule has 1 atom stereocenters. The lowest BCUT2D eigenvalue weighted by molar-refractivity contribution is 0.0694. The van der Waals surface area contributed by atoms with Crippen LogP contribution in [-0.2, 0) is 12.8 Å². The molecule has 1 aromatic heterocycles. The molecule has 2 heterocycles. The summed E-state index contributed by atoms with van der Waals surface area (Å²) in [7, 11) is 0. The average Bonchev–Trinajstić information content (AvgIpc) is 3.32. The Morgan fingerprint density at radius 3 is 2.56 bits per heavy atom. The molecule has 4 rings (SSSR count). The van der Waals surface area contributed by atoms with Crippen molar-refractivity contribution in [2.24, 2.45) is 5.92 Å². The lowest BCUT2D eigenvalue weighted by atomic mass is 10.0. The Hall–Kier alpha value is -3.12. The van der Waals surface area contributed by atoms with Gasteiger partial charge in [0.25, 0.3) is 0 Å². The van der Waals surface area contributed by atoms with Crippen LogP contribution < -0.4 is 9.64 Å². The van der Waals surface area contributed by atoms with E-state index in [1.165, 1.54) is 6.20 Å². The van der Waals surface area contributed by atoms with Gasteiger partial charge in [-0.05, 0) is 67.0 Å². The van der Waals surface area contributed by atoms with Crippen molar-refractivity contribution in [1.29, 1.82) is 0 Å². The van der Waals surface area contributed by atoms with Gasteiger partial charge in [-0.15, -0.1) is 0 Å². The molecule has 1 aliphatic heterocycles. The van der Waals surface area contributed by atoms with Crippen LogP contribution in [0.1, 0.15) is 59.9 Å². The number of benzene rings is 2. The van der Waals surface area contributed by atoms with Crippen molar-refractivity contribution in [3.05, 3.63) is 82.1 Å². The highest BCUT2D eigenvalue weighted by atomic mass is 35.5. The fraction of sp³-hybridized carbons (Fsp3) is 0.370. The predicted octanol–water partition coefficient (Wildman–Crippen LogP) is 5.99. The van der Waals surface area contributed by atoms with Crippen molar-refractivity contribution in [3.63, 3.8) is 0 Å². The summed E-state index contributed by atoms with van der Waals surface area (Å²) < 4.78 is 5.75. The van der Waals surface area contributed by atoms with Crippen LogP contribution in [0, 0.1) is 5.92 Å². The van der Waals surface area contributed by atoms with E-state index < -0.39 is 5.97 Å². The summed E-state index contributed by atoms with van der Waals surface area (Å²) in [5, 5.41) is 10.4. The van der Waals surface area contributed by atoms with Crippen molar-refractivity contribution in [2.75, 3.05) is 18.1 Å². The van der Waals surface area contributed by atoms with Gasteiger partial charge in [0.1, 0.15) is 5.75 Å². The molecular weight excluding hydrogens is 450 g/mol. The largest absolute Gasteiger partial charge is 0.493 e. The molecule has 6 nitrogen and oxygen atoms in total. The Balaban J connectivity index is 1.51. The van der Waals surface area contributed by atoms with E-state index in [1.54, 1.807) is 0 Å². The highest BCUT2D eigenvalue weighted by Crippen LogP contribution is 2.35. The topological polar surface area (TPSA) is 75.5 Å². The molecular formula is C27H30ClN3O3. The van der Waals surface area contributed by atoms with Gasteiger partial charge >= 0.3 is 5.97 Å². The van der Waals surface area contributed by atoms with Crippen molar-refractivity contribution >= 4 is 23.5 Å². The van der Waals surface area contributed by atoms with Gasteiger partial charge in [-0.3, -0.25) is 0 Å². The van der Waals surface area contributed by atoms with E-state index in [9.17, 15) is 9.90 Å². The van der Waals surface area contributed by atoms with E-state index in [0.29, 0.717) is 42.0 Å². The van der Waals surface area contributed by atoms with Gasteiger partial charge in [0.15, 0.2) is 0 Å². The number of rotatable bonds is 9. The Kier molecular flexibility index (Phi) is 7.68. The molecule has 0 unspecified atom stereocenters. The van der Waals surface area contributed by atoms with E-state index in [2.05, 4.69) is 23.7 Å². The molecule has 2 aromatic carbocycles. The SMILES string of the molecule is CC(C)COc1ccc(CCc2nc(N3CCC[C@H]3c3ccc(Cl)cc3)ncc2C(=O)O)cc1. The highest BCUT2D eigenvalue weighted by Gasteiger charge is 2.29. The van der Waals surface area contributed by atoms with Gasteiger partial charge < -0.3 is 14.7 Å². The summed E-state index contributed by atoms with van der Waals surface area (Å²) in [6.07, 6.45) is 4.66. The number of hydrogen-bond donors (Lipinski definition) is 1. The number of hydrogen-bond acceptors (Lipinski definition) is 5. The lowest BCUT2D eigenvalue weighted by Gasteiger charge is -2.25. The minimum Gasteiger partial charge on any atom is -0.493 e. The van der Waals surface area contributed by atoms with Gasteiger partial charge in [0.2, 0.25) is 5.95 Å². The summed E-state index contributed by atoms with van der Waals surface area (Å²) in [6, 6.07) is 16.0. The first-order chi connectivity index (χ1) is 16.4. The zero-order valence-electron chi connectivity index (χ0n) is 19.6. The average molecular weight is 480 g/mol. The smallest absolute Gasteiger partial charge is 0.339 e. The molecule has 1 aliphatic rings. The van der Waals surface area contributed by atoms with Crippen LogP contribution >= 0.6 is 11.6 Å². The molecule has 0 radical (unpaired) electrons.